The van der Waals surface area contributed by atoms with Gasteiger partial charge in [-0.05, 0) is 63.1 Å². The van der Waals surface area contributed by atoms with Gasteiger partial charge in [-0.25, -0.2) is 9.07 Å². The summed E-state index contributed by atoms with van der Waals surface area (Å²) in [7, 11) is 1.88. The lowest BCUT2D eigenvalue weighted by Crippen LogP contribution is -2.39. The number of nitrogens with zero attached hydrogens (tertiary/aromatic N) is 3. The molecule has 1 heterocycles. The minimum absolute atomic E-state index is 0.0684. The summed E-state index contributed by atoms with van der Waals surface area (Å²) >= 11 is 1.36. The van der Waals surface area contributed by atoms with E-state index in [1.54, 1.807) is 28.9 Å². The molecule has 0 atom stereocenters. The lowest BCUT2D eigenvalue weighted by Gasteiger charge is -2.31. The van der Waals surface area contributed by atoms with Crippen molar-refractivity contribution in [1.29, 1.82) is 0 Å². The third kappa shape index (κ3) is 5.93. The monoisotopic (exact) mass is 494 g/mol. The van der Waals surface area contributed by atoms with Crippen molar-refractivity contribution < 1.29 is 14.0 Å². The standard InChI is InChI=1S/C27H31FN4O2S/c1-18-15-19(2)32(30-18)24-14-13-20(16-23(24)28)29-27(34)22-11-7-8-12-25(22)35-17-26(33)31(3)21-9-5-4-6-10-21/h7-8,11-16,21H,4-6,9-10,17H2,1-3H3,(H,29,34). The number of aryl methyl sites for hydroxylation is 2. The fourth-order valence-electron chi connectivity index (χ4n) is 4.52. The summed E-state index contributed by atoms with van der Waals surface area (Å²) in [5.41, 5.74) is 2.76. The Labute approximate surface area is 209 Å². The number of benzene rings is 2. The highest BCUT2D eigenvalue weighted by Crippen LogP contribution is 2.27. The SMILES string of the molecule is Cc1cc(C)n(-c2ccc(NC(=O)c3ccccc3SCC(=O)N(C)C3CCCCC3)cc2F)n1. The molecular weight excluding hydrogens is 463 g/mol. The highest BCUT2D eigenvalue weighted by Gasteiger charge is 2.22. The molecule has 8 heteroatoms. The molecule has 1 aromatic heterocycles. The molecule has 1 fully saturated rings. The van der Waals surface area contributed by atoms with Crippen LogP contribution in [0.1, 0.15) is 53.8 Å². The Morgan fingerprint density at radius 1 is 1.11 bits per heavy atom. The number of halogens is 1. The minimum atomic E-state index is -0.479. The summed E-state index contributed by atoms with van der Waals surface area (Å²) in [6.45, 7) is 3.72. The van der Waals surface area contributed by atoms with Gasteiger partial charge in [-0.3, -0.25) is 9.59 Å². The van der Waals surface area contributed by atoms with Gasteiger partial charge in [0.1, 0.15) is 5.69 Å². The molecule has 0 bridgehead atoms. The Morgan fingerprint density at radius 2 is 1.86 bits per heavy atom. The normalized spacial score (nSPS) is 14.1. The summed E-state index contributed by atoms with van der Waals surface area (Å²) in [5, 5.41) is 7.11. The van der Waals surface area contributed by atoms with Crippen LogP contribution in [-0.4, -0.2) is 45.3 Å². The van der Waals surface area contributed by atoms with Gasteiger partial charge in [-0.15, -0.1) is 11.8 Å². The van der Waals surface area contributed by atoms with Gasteiger partial charge in [-0.1, -0.05) is 31.4 Å². The smallest absolute Gasteiger partial charge is 0.256 e. The third-order valence-electron chi connectivity index (χ3n) is 6.44. The van der Waals surface area contributed by atoms with Crippen LogP contribution in [0.5, 0.6) is 0 Å². The van der Waals surface area contributed by atoms with E-state index in [9.17, 15) is 14.0 Å². The summed E-state index contributed by atoms with van der Waals surface area (Å²) < 4.78 is 16.4. The van der Waals surface area contributed by atoms with Crippen molar-refractivity contribution >= 4 is 29.3 Å². The first-order valence-corrected chi connectivity index (χ1v) is 12.9. The van der Waals surface area contributed by atoms with E-state index >= 15 is 0 Å². The Kier molecular flexibility index (Phi) is 7.90. The molecule has 2 amide bonds. The maximum absolute atomic E-state index is 14.8. The summed E-state index contributed by atoms with van der Waals surface area (Å²) in [6.07, 6.45) is 5.69. The second-order valence-corrected chi connectivity index (χ2v) is 10.1. The number of nitrogens with one attached hydrogen (secondary N) is 1. The largest absolute Gasteiger partial charge is 0.342 e. The van der Waals surface area contributed by atoms with Gasteiger partial charge >= 0.3 is 0 Å². The van der Waals surface area contributed by atoms with Gasteiger partial charge in [0, 0.05) is 29.4 Å². The van der Waals surface area contributed by atoms with Gasteiger partial charge in [0.25, 0.3) is 5.91 Å². The Morgan fingerprint density at radius 3 is 2.54 bits per heavy atom. The summed E-state index contributed by atoms with van der Waals surface area (Å²) in [4.78, 5) is 28.4. The lowest BCUT2D eigenvalue weighted by atomic mass is 9.94. The molecular formula is C27H31FN4O2S. The van der Waals surface area contributed by atoms with E-state index in [0.29, 0.717) is 23.0 Å². The van der Waals surface area contributed by atoms with Gasteiger partial charge in [0.2, 0.25) is 5.91 Å². The molecule has 2 aromatic carbocycles. The number of rotatable bonds is 7. The van der Waals surface area contributed by atoms with E-state index in [0.717, 1.165) is 29.1 Å². The van der Waals surface area contributed by atoms with Crippen molar-refractivity contribution in [2.75, 3.05) is 18.1 Å². The molecule has 1 aliphatic carbocycles. The molecule has 3 aromatic rings. The van der Waals surface area contributed by atoms with Gasteiger partial charge < -0.3 is 10.2 Å². The van der Waals surface area contributed by atoms with Crippen molar-refractivity contribution in [3.63, 3.8) is 0 Å². The van der Waals surface area contributed by atoms with Gasteiger partial charge in [0.05, 0.1) is 17.0 Å². The predicted molar refractivity (Wildman–Crippen MR) is 138 cm³/mol. The fraction of sp³-hybridized carbons (Fsp3) is 0.370. The molecule has 0 unspecified atom stereocenters. The predicted octanol–water partition coefficient (Wildman–Crippen LogP) is 5.76. The summed E-state index contributed by atoms with van der Waals surface area (Å²) in [6, 6.07) is 13.9. The molecule has 0 aliphatic heterocycles. The quantitative estimate of drug-likeness (QED) is 0.424. The number of amides is 2. The van der Waals surface area contributed by atoms with E-state index in [-0.39, 0.29) is 17.6 Å². The average molecular weight is 495 g/mol. The van der Waals surface area contributed by atoms with Gasteiger partial charge in [-0.2, -0.15) is 5.10 Å². The highest BCUT2D eigenvalue weighted by molar-refractivity contribution is 8.00. The number of carbonyl (C=O) groups is 2. The van der Waals surface area contributed by atoms with E-state index in [1.165, 1.54) is 37.1 Å². The number of hydrogen-bond acceptors (Lipinski definition) is 4. The molecule has 0 saturated heterocycles. The highest BCUT2D eigenvalue weighted by atomic mass is 32.2. The molecule has 35 heavy (non-hydrogen) atoms. The molecule has 1 saturated carbocycles. The van der Waals surface area contributed by atoms with Crippen LogP contribution in [0.15, 0.2) is 53.4 Å². The van der Waals surface area contributed by atoms with E-state index in [4.69, 9.17) is 0 Å². The number of anilines is 1. The molecule has 4 rings (SSSR count). The molecule has 184 valence electrons. The van der Waals surface area contributed by atoms with E-state index < -0.39 is 5.82 Å². The minimum Gasteiger partial charge on any atom is -0.342 e. The van der Waals surface area contributed by atoms with Crippen molar-refractivity contribution in [3.05, 3.63) is 71.3 Å². The maximum Gasteiger partial charge on any atom is 0.256 e. The molecule has 6 nitrogen and oxygen atoms in total. The zero-order valence-electron chi connectivity index (χ0n) is 20.4. The zero-order valence-corrected chi connectivity index (χ0v) is 21.2. The first kappa shape index (κ1) is 25.0. The second-order valence-electron chi connectivity index (χ2n) is 9.04. The number of aromatic nitrogens is 2. The van der Waals surface area contributed by atoms with Crippen LogP contribution in [0.2, 0.25) is 0 Å². The average Bonchev–Trinajstić information content (AvgIpc) is 3.20. The van der Waals surface area contributed by atoms with Crippen LogP contribution in [0.4, 0.5) is 10.1 Å². The number of carbonyl (C=O) groups excluding carboxylic acids is 2. The Bertz CT molecular complexity index is 1220. The first-order chi connectivity index (χ1) is 16.8. The third-order valence-corrected chi connectivity index (χ3v) is 7.50. The van der Waals surface area contributed by atoms with Crippen LogP contribution >= 0.6 is 11.8 Å². The van der Waals surface area contributed by atoms with Crippen LogP contribution < -0.4 is 5.32 Å². The van der Waals surface area contributed by atoms with E-state index in [2.05, 4.69) is 10.4 Å². The molecule has 1 aliphatic rings. The first-order valence-electron chi connectivity index (χ1n) is 12.0. The Hall–Kier alpha value is -3.13. The number of thioether (sulfide) groups is 1. The van der Waals surface area contributed by atoms with Crippen molar-refractivity contribution in [2.45, 2.75) is 56.9 Å². The zero-order chi connectivity index (χ0) is 24.9. The topological polar surface area (TPSA) is 67.2 Å². The maximum atomic E-state index is 14.8. The van der Waals surface area contributed by atoms with Crippen LogP contribution in [-0.2, 0) is 4.79 Å². The van der Waals surface area contributed by atoms with Crippen LogP contribution in [0.3, 0.4) is 0 Å². The van der Waals surface area contributed by atoms with E-state index in [1.807, 2.05) is 44.0 Å². The summed E-state index contributed by atoms with van der Waals surface area (Å²) in [5.74, 6) is -0.491. The van der Waals surface area contributed by atoms with Crippen molar-refractivity contribution in [2.24, 2.45) is 0 Å². The fourth-order valence-corrected chi connectivity index (χ4v) is 5.49. The Balaban J connectivity index is 1.42. The van der Waals surface area contributed by atoms with Gasteiger partial charge in [0.15, 0.2) is 5.82 Å². The van der Waals surface area contributed by atoms with Crippen LogP contribution in [0, 0.1) is 19.7 Å². The second kappa shape index (κ2) is 11.1. The molecule has 1 N–H and O–H groups in total. The molecule has 0 radical (unpaired) electrons. The number of hydrogen-bond donors (Lipinski definition) is 1. The van der Waals surface area contributed by atoms with Crippen molar-refractivity contribution in [3.8, 4) is 5.69 Å². The van der Waals surface area contributed by atoms with Crippen LogP contribution in [0.25, 0.3) is 5.69 Å². The van der Waals surface area contributed by atoms with Crippen molar-refractivity contribution in [1.82, 2.24) is 14.7 Å². The molecule has 0 spiro atoms. The lowest BCUT2D eigenvalue weighted by molar-refractivity contribution is -0.129.